The molecule has 0 aromatic carbocycles. The second-order valence-corrected chi connectivity index (χ2v) is 15.5. The third-order valence-corrected chi connectivity index (χ3v) is 13.7. The molecule has 7 aliphatic rings. The number of carbonyl (C=O) groups is 2. The Bertz CT molecular complexity index is 1330. The molecule has 12 nitrogen and oxygen atoms in total. The zero-order chi connectivity index (χ0) is 33.1. The second-order valence-electron chi connectivity index (χ2n) is 15.5. The third kappa shape index (κ3) is 4.37. The zero-order valence-electron chi connectivity index (χ0n) is 26.8. The Hall–Kier alpha value is -1.74. The van der Waals surface area contributed by atoms with Gasteiger partial charge in [0.15, 0.2) is 12.1 Å². The van der Waals surface area contributed by atoms with Crippen molar-refractivity contribution >= 4 is 11.8 Å². The number of allylic oxidation sites excluding steroid dienone is 1. The van der Waals surface area contributed by atoms with E-state index in [9.17, 15) is 40.2 Å². The molecule has 0 aromatic heterocycles. The summed E-state index contributed by atoms with van der Waals surface area (Å²) in [4.78, 5) is 26.7. The number of esters is 1. The Morgan fingerprint density at radius 2 is 1.78 bits per heavy atom. The Labute approximate surface area is 268 Å². The molecule has 0 bridgehead atoms. The van der Waals surface area contributed by atoms with Crippen molar-refractivity contribution in [1.82, 2.24) is 0 Å². The van der Waals surface area contributed by atoms with Crippen molar-refractivity contribution in [1.29, 1.82) is 0 Å². The van der Waals surface area contributed by atoms with Gasteiger partial charge in [-0.3, -0.25) is 4.79 Å². The summed E-state index contributed by atoms with van der Waals surface area (Å²) >= 11 is 0. The standard InChI is InChI=1S/C34H48O12/c1-14-10-20(44-30(41)16(14)13-43-31-27(40)26(39)25(38)21(12-35)45-31)15(2)17-7-8-18-24-19(11-23(37)32(17,18)3)33(4)22(36)6-5-9-34(33,42)29-28(24)46-29/h5-6,15,17-21,23-29,31,35,37-40,42H,7-13H2,1-4H3/t15-,17+,18-,19-,20+,21+,23-,24-,25+,26-,27+,28-,29-,31+,32+,33-,34-/m0/s1. The topological polar surface area (TPSA) is 196 Å². The fourth-order valence-electron chi connectivity index (χ4n) is 10.8. The van der Waals surface area contributed by atoms with Gasteiger partial charge in [0.25, 0.3) is 0 Å². The molecule has 0 amide bonds. The van der Waals surface area contributed by atoms with Gasteiger partial charge < -0.3 is 49.6 Å². The molecule has 2 saturated heterocycles. The SMILES string of the molecule is CC1=C(CO[C@@H]2O[C@H](CO)[C@@H](O)[C@H](O)[C@H]2O)C(=O)O[C@@H]([C@@H](C)[C@H]2CC[C@H]3[C@@H]4[C@@H]5O[C@@H]5[C@@]5(O)CC=CC(=O)[C@]5(C)[C@H]4C[C@H](O)[C@]23C)C1. The summed E-state index contributed by atoms with van der Waals surface area (Å²) in [6, 6.07) is 0. The summed E-state index contributed by atoms with van der Waals surface area (Å²) in [5.74, 6) is -0.763. The van der Waals surface area contributed by atoms with Gasteiger partial charge in [-0.25, -0.2) is 4.79 Å². The number of aliphatic hydroxyl groups is 6. The molecule has 0 radical (unpaired) electrons. The lowest BCUT2D eigenvalue weighted by molar-refractivity contribution is -0.299. The van der Waals surface area contributed by atoms with Gasteiger partial charge in [-0.15, -0.1) is 0 Å². The van der Waals surface area contributed by atoms with Crippen LogP contribution in [0.25, 0.3) is 0 Å². The fraction of sp³-hybridized carbons (Fsp3) is 0.824. The van der Waals surface area contributed by atoms with Crippen LogP contribution in [-0.2, 0) is 28.5 Å². The molecule has 7 rings (SSSR count). The molecule has 5 fully saturated rings. The summed E-state index contributed by atoms with van der Waals surface area (Å²) < 4.78 is 23.3. The largest absolute Gasteiger partial charge is 0.458 e. The minimum atomic E-state index is -1.59. The predicted molar refractivity (Wildman–Crippen MR) is 158 cm³/mol. The predicted octanol–water partition coefficient (Wildman–Crippen LogP) is 0.148. The van der Waals surface area contributed by atoms with Gasteiger partial charge in [0, 0.05) is 6.42 Å². The van der Waals surface area contributed by atoms with Gasteiger partial charge in [-0.1, -0.05) is 25.5 Å². The molecule has 6 N–H and O–H groups in total. The molecule has 4 aliphatic carbocycles. The quantitative estimate of drug-likeness (QED) is 0.169. The van der Waals surface area contributed by atoms with E-state index in [1.165, 1.54) is 0 Å². The number of epoxide rings is 1. The Kier molecular flexibility index (Phi) is 7.94. The van der Waals surface area contributed by atoms with Gasteiger partial charge in [0.2, 0.25) is 0 Å². The Morgan fingerprint density at radius 1 is 1.04 bits per heavy atom. The number of cyclic esters (lactones) is 1. The first kappa shape index (κ1) is 32.8. The van der Waals surface area contributed by atoms with Crippen molar-refractivity contribution in [3.63, 3.8) is 0 Å². The fourth-order valence-corrected chi connectivity index (χ4v) is 10.8. The van der Waals surface area contributed by atoms with Crippen molar-refractivity contribution in [3.05, 3.63) is 23.3 Å². The lowest BCUT2D eigenvalue weighted by Gasteiger charge is -2.61. The molecule has 3 heterocycles. The number of fused-ring (bicyclic) bond motifs is 8. The van der Waals surface area contributed by atoms with E-state index in [0.717, 1.165) is 18.4 Å². The van der Waals surface area contributed by atoms with E-state index < -0.39 is 71.9 Å². The van der Waals surface area contributed by atoms with Gasteiger partial charge >= 0.3 is 5.97 Å². The minimum Gasteiger partial charge on any atom is -0.458 e. The molecule has 12 heteroatoms. The maximum absolute atomic E-state index is 13.4. The van der Waals surface area contributed by atoms with Gasteiger partial charge in [0.05, 0.1) is 36.4 Å². The monoisotopic (exact) mass is 648 g/mol. The van der Waals surface area contributed by atoms with Crippen molar-refractivity contribution in [2.24, 2.45) is 40.4 Å². The highest BCUT2D eigenvalue weighted by atomic mass is 16.7. The highest BCUT2D eigenvalue weighted by Crippen LogP contribution is 2.71. The van der Waals surface area contributed by atoms with Crippen LogP contribution in [0.1, 0.15) is 59.8 Å². The first-order valence-corrected chi connectivity index (χ1v) is 16.8. The van der Waals surface area contributed by atoms with Crippen LogP contribution in [0.15, 0.2) is 23.3 Å². The summed E-state index contributed by atoms with van der Waals surface area (Å²) in [5.41, 5.74) is -1.74. The van der Waals surface area contributed by atoms with Crippen LogP contribution >= 0.6 is 0 Å². The number of ketones is 1. The molecule has 256 valence electrons. The first-order chi connectivity index (χ1) is 21.7. The number of rotatable bonds is 6. The molecular weight excluding hydrogens is 600 g/mol. The average molecular weight is 649 g/mol. The van der Waals surface area contributed by atoms with E-state index in [1.807, 2.05) is 13.8 Å². The van der Waals surface area contributed by atoms with Crippen molar-refractivity contribution in [2.75, 3.05) is 13.2 Å². The minimum absolute atomic E-state index is 0.0398. The van der Waals surface area contributed by atoms with Crippen LogP contribution in [0.4, 0.5) is 0 Å². The molecule has 0 unspecified atom stereocenters. The molecule has 3 saturated carbocycles. The van der Waals surface area contributed by atoms with Crippen molar-refractivity contribution in [3.8, 4) is 0 Å². The Morgan fingerprint density at radius 3 is 2.48 bits per heavy atom. The normalized spacial score (nSPS) is 53.6. The highest BCUT2D eigenvalue weighted by molar-refractivity contribution is 5.97. The number of aliphatic hydroxyl groups excluding tert-OH is 5. The zero-order valence-corrected chi connectivity index (χ0v) is 26.8. The van der Waals surface area contributed by atoms with Crippen molar-refractivity contribution in [2.45, 2.75) is 121 Å². The van der Waals surface area contributed by atoms with Crippen LogP contribution in [-0.4, -0.2) is 116 Å². The molecule has 46 heavy (non-hydrogen) atoms. The maximum atomic E-state index is 13.4. The Balaban J connectivity index is 1.07. The molecular formula is C34H48O12. The van der Waals surface area contributed by atoms with E-state index in [0.29, 0.717) is 19.3 Å². The van der Waals surface area contributed by atoms with Crippen molar-refractivity contribution < 1.29 is 59.2 Å². The van der Waals surface area contributed by atoms with Crippen LogP contribution < -0.4 is 0 Å². The van der Waals surface area contributed by atoms with E-state index in [-0.39, 0.29) is 59.8 Å². The van der Waals surface area contributed by atoms with E-state index in [2.05, 4.69) is 13.8 Å². The van der Waals surface area contributed by atoms with E-state index >= 15 is 0 Å². The number of ether oxygens (including phenoxy) is 4. The average Bonchev–Trinajstić information content (AvgIpc) is 3.74. The summed E-state index contributed by atoms with van der Waals surface area (Å²) in [5, 5.41) is 63.6. The molecule has 0 spiro atoms. The number of carbonyl (C=O) groups excluding carboxylic acids is 2. The van der Waals surface area contributed by atoms with Gasteiger partial charge in [0.1, 0.15) is 42.2 Å². The molecule has 17 atom stereocenters. The third-order valence-electron chi connectivity index (χ3n) is 13.7. The van der Waals surface area contributed by atoms with Crippen LogP contribution in [0, 0.1) is 40.4 Å². The first-order valence-electron chi connectivity index (χ1n) is 16.8. The van der Waals surface area contributed by atoms with E-state index in [1.54, 1.807) is 12.2 Å². The lowest BCUT2D eigenvalue weighted by atomic mass is 9.43. The number of hydrogen-bond donors (Lipinski definition) is 6. The van der Waals surface area contributed by atoms with Gasteiger partial charge in [-0.2, -0.15) is 0 Å². The van der Waals surface area contributed by atoms with Crippen LogP contribution in [0.2, 0.25) is 0 Å². The molecule has 3 aliphatic heterocycles. The second kappa shape index (κ2) is 11.1. The van der Waals surface area contributed by atoms with Crippen LogP contribution in [0.5, 0.6) is 0 Å². The smallest absolute Gasteiger partial charge is 0.336 e. The summed E-state index contributed by atoms with van der Waals surface area (Å²) in [6.45, 7) is 7.08. The van der Waals surface area contributed by atoms with Crippen LogP contribution in [0.3, 0.4) is 0 Å². The highest BCUT2D eigenvalue weighted by Gasteiger charge is 2.78. The molecule has 0 aromatic rings. The maximum Gasteiger partial charge on any atom is 0.336 e. The number of hydrogen-bond acceptors (Lipinski definition) is 12. The lowest BCUT2D eigenvalue weighted by Crippen LogP contribution is -2.69. The van der Waals surface area contributed by atoms with Gasteiger partial charge in [-0.05, 0) is 80.6 Å². The van der Waals surface area contributed by atoms with E-state index in [4.69, 9.17) is 18.9 Å². The summed E-state index contributed by atoms with van der Waals surface area (Å²) in [7, 11) is 0. The summed E-state index contributed by atoms with van der Waals surface area (Å²) in [6.07, 6.45) is -2.59.